The number of nitrogens with one attached hydrogen (secondary N) is 1. The maximum Gasteiger partial charge on any atom is 0.220 e. The second kappa shape index (κ2) is 24.1. The summed E-state index contributed by atoms with van der Waals surface area (Å²) in [7, 11) is 0. The molecule has 0 saturated heterocycles. The first-order chi connectivity index (χ1) is 13.2. The molecule has 0 fully saturated rings. The maximum atomic E-state index is 11.8. The number of unbranched alkanes of at least 4 members (excludes halogenated alkanes) is 11. The fraction of sp³-hybridized carbons (Fsp3) is 0.875. The molecule has 0 heterocycles. The SMILES string of the molecule is CCCCCCCC/C=C\CCCCCCCC(=O)NCCN(CC)CC.F. The van der Waals surface area contributed by atoms with Crippen LogP contribution in [0.5, 0.6) is 0 Å². The monoisotopic (exact) mass is 400 g/mol. The third-order valence-electron chi connectivity index (χ3n) is 5.31. The number of amides is 1. The highest BCUT2D eigenvalue weighted by molar-refractivity contribution is 5.75. The molecule has 1 N–H and O–H groups in total. The van der Waals surface area contributed by atoms with Gasteiger partial charge in [-0.25, -0.2) is 0 Å². The zero-order valence-electron chi connectivity index (χ0n) is 19.1. The smallest absolute Gasteiger partial charge is 0.220 e. The highest BCUT2D eigenvalue weighted by Gasteiger charge is 2.02. The Morgan fingerprint density at radius 1 is 0.750 bits per heavy atom. The number of rotatable bonds is 20. The Morgan fingerprint density at radius 3 is 1.79 bits per heavy atom. The number of hydrogen-bond donors (Lipinski definition) is 1. The molecular formula is C24H49FN2O. The molecule has 0 aliphatic heterocycles. The van der Waals surface area contributed by atoms with Crippen LogP contribution in [0, 0.1) is 0 Å². The second-order valence-electron chi connectivity index (χ2n) is 7.71. The summed E-state index contributed by atoms with van der Waals surface area (Å²) < 4.78 is 0. The Morgan fingerprint density at radius 2 is 1.25 bits per heavy atom. The van der Waals surface area contributed by atoms with E-state index in [2.05, 4.69) is 43.1 Å². The van der Waals surface area contributed by atoms with Gasteiger partial charge in [0.25, 0.3) is 0 Å². The van der Waals surface area contributed by atoms with Crippen molar-refractivity contribution in [3.63, 3.8) is 0 Å². The lowest BCUT2D eigenvalue weighted by Gasteiger charge is -2.17. The van der Waals surface area contributed by atoms with Crippen molar-refractivity contribution in [1.29, 1.82) is 0 Å². The minimum atomic E-state index is 0. The van der Waals surface area contributed by atoms with Crippen molar-refractivity contribution in [2.45, 2.75) is 111 Å². The fourth-order valence-electron chi connectivity index (χ4n) is 3.34. The van der Waals surface area contributed by atoms with E-state index in [4.69, 9.17) is 0 Å². The van der Waals surface area contributed by atoms with Crippen molar-refractivity contribution >= 4 is 5.91 Å². The molecule has 0 unspecified atom stereocenters. The number of carbonyl (C=O) groups excluding carboxylic acids is 1. The Hall–Kier alpha value is -0.900. The average Bonchev–Trinajstić information content (AvgIpc) is 2.68. The molecule has 0 aliphatic carbocycles. The van der Waals surface area contributed by atoms with Crippen molar-refractivity contribution in [3.8, 4) is 0 Å². The standard InChI is InChI=1S/C24H48N2O.FH/c1-4-7-8-9-10-11-12-13-14-15-16-17-18-19-20-21-24(27)25-22-23-26(5-2)6-3;/h13-14H,4-12,15-23H2,1-3H3,(H,25,27);1H/b14-13-;. The molecule has 168 valence electrons. The molecule has 0 bridgehead atoms. The summed E-state index contributed by atoms with van der Waals surface area (Å²) in [5.41, 5.74) is 0. The Bertz CT molecular complexity index is 343. The maximum absolute atomic E-state index is 11.8. The molecule has 0 aromatic heterocycles. The lowest BCUT2D eigenvalue weighted by Crippen LogP contribution is -2.34. The Balaban J connectivity index is 0. The summed E-state index contributed by atoms with van der Waals surface area (Å²) in [5.74, 6) is 0.222. The highest BCUT2D eigenvalue weighted by atomic mass is 19.0. The zero-order valence-corrected chi connectivity index (χ0v) is 19.1. The predicted molar refractivity (Wildman–Crippen MR) is 123 cm³/mol. The summed E-state index contributed by atoms with van der Waals surface area (Å²) in [6, 6.07) is 0. The number of allylic oxidation sites excluding steroid dienone is 2. The molecule has 0 rings (SSSR count). The van der Waals surface area contributed by atoms with Gasteiger partial charge in [-0.05, 0) is 45.2 Å². The Kier molecular flexibility index (Phi) is 25.3. The van der Waals surface area contributed by atoms with Gasteiger partial charge in [-0.1, -0.05) is 84.3 Å². The summed E-state index contributed by atoms with van der Waals surface area (Å²) in [4.78, 5) is 14.1. The van der Waals surface area contributed by atoms with Gasteiger partial charge in [0.2, 0.25) is 5.91 Å². The van der Waals surface area contributed by atoms with Gasteiger partial charge in [0.1, 0.15) is 0 Å². The van der Waals surface area contributed by atoms with Crippen LogP contribution in [0.15, 0.2) is 12.2 Å². The van der Waals surface area contributed by atoms with Crippen LogP contribution in [0.3, 0.4) is 0 Å². The largest absolute Gasteiger partial charge is 0.355 e. The number of hydrogen-bond acceptors (Lipinski definition) is 2. The van der Waals surface area contributed by atoms with E-state index < -0.39 is 0 Å². The van der Waals surface area contributed by atoms with Gasteiger partial charge in [-0.3, -0.25) is 9.50 Å². The van der Waals surface area contributed by atoms with E-state index in [-0.39, 0.29) is 10.6 Å². The highest BCUT2D eigenvalue weighted by Crippen LogP contribution is 2.09. The molecule has 0 aliphatic rings. The van der Waals surface area contributed by atoms with Gasteiger partial charge < -0.3 is 10.2 Å². The Labute approximate surface area is 175 Å². The van der Waals surface area contributed by atoms with E-state index >= 15 is 0 Å². The molecule has 4 heteroatoms. The number of likely N-dealkylation sites (N-methyl/N-ethyl adjacent to an activating group) is 1. The van der Waals surface area contributed by atoms with Gasteiger partial charge in [-0.15, -0.1) is 0 Å². The van der Waals surface area contributed by atoms with E-state index in [9.17, 15) is 4.79 Å². The molecule has 3 nitrogen and oxygen atoms in total. The van der Waals surface area contributed by atoms with Crippen molar-refractivity contribution in [2.75, 3.05) is 26.2 Å². The third kappa shape index (κ3) is 21.4. The van der Waals surface area contributed by atoms with Gasteiger partial charge in [0, 0.05) is 19.5 Å². The van der Waals surface area contributed by atoms with Crippen LogP contribution in [-0.2, 0) is 4.79 Å². The number of carbonyl (C=O) groups is 1. The molecule has 0 radical (unpaired) electrons. The normalized spacial score (nSPS) is 11.1. The fourth-order valence-corrected chi connectivity index (χ4v) is 3.34. The first kappa shape index (κ1) is 29.3. The lowest BCUT2D eigenvalue weighted by molar-refractivity contribution is -0.121. The zero-order chi connectivity index (χ0) is 20.0. The van der Waals surface area contributed by atoms with Crippen molar-refractivity contribution < 1.29 is 9.50 Å². The topological polar surface area (TPSA) is 32.3 Å². The molecule has 28 heavy (non-hydrogen) atoms. The van der Waals surface area contributed by atoms with E-state index in [0.29, 0.717) is 6.42 Å². The van der Waals surface area contributed by atoms with Crippen LogP contribution in [0.25, 0.3) is 0 Å². The molecule has 0 saturated carbocycles. The quantitative estimate of drug-likeness (QED) is 0.184. The summed E-state index contributed by atoms with van der Waals surface area (Å²) in [5, 5.41) is 3.04. The van der Waals surface area contributed by atoms with E-state index in [1.165, 1.54) is 77.0 Å². The van der Waals surface area contributed by atoms with Crippen LogP contribution in [0.1, 0.15) is 111 Å². The van der Waals surface area contributed by atoms with Crippen molar-refractivity contribution in [2.24, 2.45) is 0 Å². The second-order valence-corrected chi connectivity index (χ2v) is 7.71. The lowest BCUT2D eigenvalue weighted by atomic mass is 10.1. The van der Waals surface area contributed by atoms with E-state index in [1.807, 2.05) is 0 Å². The average molecular weight is 401 g/mol. The predicted octanol–water partition coefficient (Wildman–Crippen LogP) is 6.63. The first-order valence-corrected chi connectivity index (χ1v) is 11.9. The van der Waals surface area contributed by atoms with Gasteiger partial charge in [0.05, 0.1) is 0 Å². The van der Waals surface area contributed by atoms with E-state index in [0.717, 1.165) is 32.6 Å². The molecule has 0 atom stereocenters. The summed E-state index contributed by atoms with van der Waals surface area (Å²) >= 11 is 0. The van der Waals surface area contributed by atoms with Gasteiger partial charge in [0.15, 0.2) is 0 Å². The minimum Gasteiger partial charge on any atom is -0.355 e. The molecular weight excluding hydrogens is 351 g/mol. The minimum absolute atomic E-state index is 0. The molecule has 0 aromatic carbocycles. The third-order valence-corrected chi connectivity index (χ3v) is 5.31. The van der Waals surface area contributed by atoms with Crippen LogP contribution in [0.2, 0.25) is 0 Å². The number of nitrogens with zero attached hydrogens (tertiary/aromatic N) is 1. The van der Waals surface area contributed by atoms with Crippen LogP contribution in [0.4, 0.5) is 4.70 Å². The van der Waals surface area contributed by atoms with Gasteiger partial charge in [-0.2, -0.15) is 0 Å². The van der Waals surface area contributed by atoms with Gasteiger partial charge >= 0.3 is 0 Å². The van der Waals surface area contributed by atoms with Crippen molar-refractivity contribution in [1.82, 2.24) is 10.2 Å². The molecule has 0 aromatic rings. The summed E-state index contributed by atoms with van der Waals surface area (Å²) in [6.45, 7) is 10.5. The first-order valence-electron chi connectivity index (χ1n) is 11.9. The molecule has 0 spiro atoms. The van der Waals surface area contributed by atoms with Crippen LogP contribution >= 0.6 is 0 Å². The van der Waals surface area contributed by atoms with Crippen molar-refractivity contribution in [3.05, 3.63) is 12.2 Å². The van der Waals surface area contributed by atoms with E-state index in [1.54, 1.807) is 0 Å². The summed E-state index contributed by atoms with van der Waals surface area (Å²) in [6.07, 6.45) is 22.3. The number of halogens is 1. The van der Waals surface area contributed by atoms with Crippen LogP contribution < -0.4 is 5.32 Å². The molecule has 1 amide bonds. The van der Waals surface area contributed by atoms with Crippen LogP contribution in [-0.4, -0.2) is 37.0 Å².